The molecule has 0 spiro atoms. The van der Waals surface area contributed by atoms with E-state index in [1.54, 1.807) is 43.0 Å². The molecule has 0 bridgehead atoms. The van der Waals surface area contributed by atoms with Crippen LogP contribution in [0.3, 0.4) is 0 Å². The second-order valence-electron chi connectivity index (χ2n) is 5.36. The standard InChI is InChI=1S/C15H23N7O2S/c1-12-4-6-13(7-5-12)25(23,24)21-9-8-17-15(16-2)18-10-14-19-11-20-22(14)3/h4-7,11,21H,8-10H2,1-3H3,(H2,16,17,18). The van der Waals surface area contributed by atoms with Crippen LogP contribution in [0.1, 0.15) is 11.4 Å². The fraction of sp³-hybridized carbons (Fsp3) is 0.400. The molecule has 0 saturated carbocycles. The topological polar surface area (TPSA) is 113 Å². The lowest BCUT2D eigenvalue weighted by Gasteiger charge is -2.12. The Bertz CT molecular complexity index is 813. The normalized spacial score (nSPS) is 12.2. The van der Waals surface area contributed by atoms with Crippen LogP contribution in [0.15, 0.2) is 40.5 Å². The van der Waals surface area contributed by atoms with E-state index in [1.807, 2.05) is 6.92 Å². The highest BCUT2D eigenvalue weighted by Crippen LogP contribution is 2.09. The van der Waals surface area contributed by atoms with Crippen LogP contribution in [0, 0.1) is 6.92 Å². The zero-order valence-electron chi connectivity index (χ0n) is 14.5. The molecule has 2 rings (SSSR count). The first-order valence-corrected chi connectivity index (χ1v) is 9.24. The number of hydrogen-bond donors (Lipinski definition) is 3. The molecule has 0 saturated heterocycles. The number of nitrogens with zero attached hydrogens (tertiary/aromatic N) is 4. The van der Waals surface area contributed by atoms with Crippen molar-refractivity contribution >= 4 is 16.0 Å². The van der Waals surface area contributed by atoms with Gasteiger partial charge in [0.15, 0.2) is 5.96 Å². The van der Waals surface area contributed by atoms with Crippen molar-refractivity contribution in [1.29, 1.82) is 0 Å². The van der Waals surface area contributed by atoms with Crippen LogP contribution in [0.5, 0.6) is 0 Å². The smallest absolute Gasteiger partial charge is 0.240 e. The number of benzene rings is 1. The lowest BCUT2D eigenvalue weighted by Crippen LogP contribution is -2.41. The highest BCUT2D eigenvalue weighted by atomic mass is 32.2. The molecule has 25 heavy (non-hydrogen) atoms. The van der Waals surface area contributed by atoms with Gasteiger partial charge in [0, 0.05) is 27.2 Å². The van der Waals surface area contributed by atoms with Crippen molar-refractivity contribution in [3.8, 4) is 0 Å². The summed E-state index contributed by atoms with van der Waals surface area (Å²) in [6.45, 7) is 3.00. The molecule has 0 radical (unpaired) electrons. The number of aryl methyl sites for hydroxylation is 2. The Labute approximate surface area is 147 Å². The summed E-state index contributed by atoms with van der Waals surface area (Å²) in [5, 5.41) is 10.1. The van der Waals surface area contributed by atoms with Crippen molar-refractivity contribution in [3.63, 3.8) is 0 Å². The molecule has 0 atom stereocenters. The van der Waals surface area contributed by atoms with E-state index in [0.29, 0.717) is 19.0 Å². The van der Waals surface area contributed by atoms with E-state index in [2.05, 4.69) is 30.4 Å². The number of hydrogen-bond acceptors (Lipinski definition) is 5. The van der Waals surface area contributed by atoms with Crippen molar-refractivity contribution in [3.05, 3.63) is 42.0 Å². The lowest BCUT2D eigenvalue weighted by atomic mass is 10.2. The number of aliphatic imine (C=N–C) groups is 1. The average Bonchev–Trinajstić information content (AvgIpc) is 2.99. The monoisotopic (exact) mass is 365 g/mol. The minimum absolute atomic E-state index is 0.237. The third kappa shape index (κ3) is 5.54. The van der Waals surface area contributed by atoms with Gasteiger partial charge in [0.1, 0.15) is 12.2 Å². The van der Waals surface area contributed by atoms with Crippen LogP contribution < -0.4 is 15.4 Å². The third-order valence-electron chi connectivity index (χ3n) is 3.48. The first-order chi connectivity index (χ1) is 11.9. The van der Waals surface area contributed by atoms with Crippen molar-refractivity contribution in [2.75, 3.05) is 20.1 Å². The summed E-state index contributed by atoms with van der Waals surface area (Å²) in [5.74, 6) is 1.32. The first-order valence-electron chi connectivity index (χ1n) is 7.76. The molecular weight excluding hydrogens is 342 g/mol. The number of sulfonamides is 1. The third-order valence-corrected chi connectivity index (χ3v) is 4.96. The van der Waals surface area contributed by atoms with Gasteiger partial charge in [0.05, 0.1) is 11.4 Å². The fourth-order valence-corrected chi connectivity index (χ4v) is 3.06. The van der Waals surface area contributed by atoms with E-state index in [9.17, 15) is 8.42 Å². The molecule has 0 aliphatic carbocycles. The highest BCUT2D eigenvalue weighted by molar-refractivity contribution is 7.89. The van der Waals surface area contributed by atoms with E-state index < -0.39 is 10.0 Å². The minimum Gasteiger partial charge on any atom is -0.355 e. The van der Waals surface area contributed by atoms with Crippen LogP contribution in [-0.2, 0) is 23.6 Å². The highest BCUT2D eigenvalue weighted by Gasteiger charge is 2.12. The molecule has 2 aromatic rings. The quantitative estimate of drug-likeness (QED) is 0.355. The zero-order valence-corrected chi connectivity index (χ0v) is 15.3. The summed E-state index contributed by atoms with van der Waals surface area (Å²) in [4.78, 5) is 8.44. The maximum absolute atomic E-state index is 12.2. The predicted octanol–water partition coefficient (Wildman–Crippen LogP) is -0.233. The summed E-state index contributed by atoms with van der Waals surface area (Å²) in [5.41, 5.74) is 1.01. The van der Waals surface area contributed by atoms with Crippen molar-refractivity contribution in [2.24, 2.45) is 12.0 Å². The molecule has 136 valence electrons. The van der Waals surface area contributed by atoms with Gasteiger partial charge in [-0.05, 0) is 19.1 Å². The molecule has 9 nitrogen and oxygen atoms in total. The Balaban J connectivity index is 1.77. The second kappa shape index (κ2) is 8.58. The molecule has 1 heterocycles. The fourth-order valence-electron chi connectivity index (χ4n) is 2.03. The van der Waals surface area contributed by atoms with Gasteiger partial charge in [-0.3, -0.25) is 9.67 Å². The van der Waals surface area contributed by atoms with Gasteiger partial charge in [0.2, 0.25) is 10.0 Å². The van der Waals surface area contributed by atoms with Crippen LogP contribution in [0.25, 0.3) is 0 Å². The van der Waals surface area contributed by atoms with Gasteiger partial charge in [-0.2, -0.15) is 5.10 Å². The summed E-state index contributed by atoms with van der Waals surface area (Å²) in [7, 11) is -0.0600. The van der Waals surface area contributed by atoms with E-state index in [0.717, 1.165) is 11.4 Å². The van der Waals surface area contributed by atoms with E-state index >= 15 is 0 Å². The molecule has 0 aliphatic heterocycles. The van der Waals surface area contributed by atoms with Gasteiger partial charge in [0.25, 0.3) is 0 Å². The first kappa shape index (κ1) is 18.9. The molecule has 0 unspecified atom stereocenters. The Hall–Kier alpha value is -2.46. The predicted molar refractivity (Wildman–Crippen MR) is 95.6 cm³/mol. The maximum Gasteiger partial charge on any atom is 0.240 e. The van der Waals surface area contributed by atoms with E-state index in [-0.39, 0.29) is 11.4 Å². The van der Waals surface area contributed by atoms with Crippen molar-refractivity contribution in [1.82, 2.24) is 30.1 Å². The summed E-state index contributed by atoms with van der Waals surface area (Å²) in [6, 6.07) is 6.72. The largest absolute Gasteiger partial charge is 0.355 e. The SMILES string of the molecule is CN=C(NCCNS(=O)(=O)c1ccc(C)cc1)NCc1ncnn1C. The Kier molecular flexibility index (Phi) is 6.48. The van der Waals surface area contributed by atoms with Crippen molar-refractivity contribution in [2.45, 2.75) is 18.4 Å². The van der Waals surface area contributed by atoms with Crippen LogP contribution in [0.2, 0.25) is 0 Å². The van der Waals surface area contributed by atoms with Gasteiger partial charge in [-0.1, -0.05) is 17.7 Å². The molecule has 0 amide bonds. The zero-order chi connectivity index (χ0) is 18.3. The number of nitrogens with one attached hydrogen (secondary N) is 3. The molecule has 10 heteroatoms. The van der Waals surface area contributed by atoms with Gasteiger partial charge in [-0.25, -0.2) is 18.1 Å². The van der Waals surface area contributed by atoms with E-state index in [4.69, 9.17) is 0 Å². The van der Waals surface area contributed by atoms with E-state index in [1.165, 1.54) is 6.33 Å². The Morgan fingerprint density at radius 1 is 1.20 bits per heavy atom. The minimum atomic E-state index is -3.51. The number of guanidine groups is 1. The molecule has 3 N–H and O–H groups in total. The molecule has 1 aromatic heterocycles. The van der Waals surface area contributed by atoms with Gasteiger partial charge < -0.3 is 10.6 Å². The van der Waals surface area contributed by atoms with Crippen LogP contribution in [-0.4, -0.2) is 49.3 Å². The summed E-state index contributed by atoms with van der Waals surface area (Å²) < 4.78 is 28.6. The summed E-state index contributed by atoms with van der Waals surface area (Å²) >= 11 is 0. The van der Waals surface area contributed by atoms with Crippen molar-refractivity contribution < 1.29 is 8.42 Å². The molecule has 1 aromatic carbocycles. The molecular formula is C15H23N7O2S. The van der Waals surface area contributed by atoms with Gasteiger partial charge in [-0.15, -0.1) is 0 Å². The molecule has 0 aliphatic rings. The second-order valence-corrected chi connectivity index (χ2v) is 7.13. The molecule has 0 fully saturated rings. The Morgan fingerprint density at radius 2 is 1.92 bits per heavy atom. The van der Waals surface area contributed by atoms with Crippen LogP contribution >= 0.6 is 0 Å². The maximum atomic E-state index is 12.2. The average molecular weight is 365 g/mol. The summed E-state index contributed by atoms with van der Waals surface area (Å²) in [6.07, 6.45) is 1.48. The number of aromatic nitrogens is 3. The van der Waals surface area contributed by atoms with Crippen LogP contribution in [0.4, 0.5) is 0 Å². The Morgan fingerprint density at radius 3 is 2.52 bits per heavy atom. The number of rotatable bonds is 7. The lowest BCUT2D eigenvalue weighted by molar-refractivity contribution is 0.580. The van der Waals surface area contributed by atoms with Gasteiger partial charge >= 0.3 is 0 Å².